The Morgan fingerprint density at radius 1 is 1.21 bits per heavy atom. The zero-order valence-corrected chi connectivity index (χ0v) is 12.8. The molecule has 2 rings (SSSR count). The third-order valence-corrected chi connectivity index (χ3v) is 3.72. The summed E-state index contributed by atoms with van der Waals surface area (Å²) in [5.74, 6) is 0. The van der Waals surface area contributed by atoms with Gasteiger partial charge in [0.2, 0.25) is 0 Å². The van der Waals surface area contributed by atoms with Crippen molar-refractivity contribution >= 4 is 35.1 Å². The lowest BCUT2D eigenvalue weighted by Gasteiger charge is -2.04. The maximum atomic E-state index is 6.10. The molecule has 0 saturated heterocycles. The fourth-order valence-electron chi connectivity index (χ4n) is 2.17. The average Bonchev–Trinajstić information content (AvgIpc) is 2.63. The molecule has 0 spiro atoms. The van der Waals surface area contributed by atoms with Crippen LogP contribution in [0.4, 0.5) is 5.69 Å². The third kappa shape index (κ3) is 3.02. The Hall–Kier alpha value is -1.25. The number of aliphatic imine (C=N–C) groups is 1. The Labute approximate surface area is 123 Å². The van der Waals surface area contributed by atoms with E-state index >= 15 is 0 Å². The molecule has 0 aliphatic heterocycles. The minimum absolute atomic E-state index is 0.563. The van der Waals surface area contributed by atoms with Gasteiger partial charge in [-0.1, -0.05) is 23.2 Å². The molecule has 0 aliphatic rings. The van der Waals surface area contributed by atoms with E-state index in [1.165, 1.54) is 11.4 Å². The molecular weight excluding hydrogens is 279 g/mol. The smallest absolute Gasteiger partial charge is 0.0817 e. The molecule has 4 heteroatoms. The predicted octanol–water partition coefficient (Wildman–Crippen LogP) is 5.18. The number of hydrogen-bond acceptors (Lipinski definition) is 1. The average molecular weight is 295 g/mol. The Bertz CT molecular complexity index is 627. The largest absolute Gasteiger partial charge is 0.349 e. The van der Waals surface area contributed by atoms with Crippen molar-refractivity contribution in [1.29, 1.82) is 0 Å². The SMILES string of the molecule is CCn1c(C)cc(C=Nc2ccc(Cl)cc2Cl)c1C. The molecule has 1 aromatic carbocycles. The van der Waals surface area contributed by atoms with E-state index < -0.39 is 0 Å². The van der Waals surface area contributed by atoms with Crippen molar-refractivity contribution in [2.75, 3.05) is 0 Å². The van der Waals surface area contributed by atoms with E-state index in [0.717, 1.165) is 17.8 Å². The van der Waals surface area contributed by atoms with Crippen LogP contribution in [-0.2, 0) is 6.54 Å². The van der Waals surface area contributed by atoms with Crippen molar-refractivity contribution < 1.29 is 0 Å². The fourth-order valence-corrected chi connectivity index (χ4v) is 2.63. The van der Waals surface area contributed by atoms with Crippen LogP contribution in [0, 0.1) is 13.8 Å². The molecule has 19 heavy (non-hydrogen) atoms. The zero-order chi connectivity index (χ0) is 14.0. The summed E-state index contributed by atoms with van der Waals surface area (Å²) in [5.41, 5.74) is 4.30. The van der Waals surface area contributed by atoms with Crippen LogP contribution in [-0.4, -0.2) is 10.8 Å². The molecule has 1 aromatic heterocycles. The normalized spacial score (nSPS) is 11.4. The number of aromatic nitrogens is 1. The molecule has 0 radical (unpaired) electrons. The van der Waals surface area contributed by atoms with Gasteiger partial charge in [-0.3, -0.25) is 4.99 Å². The second kappa shape index (κ2) is 5.81. The molecule has 0 fully saturated rings. The number of rotatable bonds is 3. The van der Waals surface area contributed by atoms with Crippen LogP contribution < -0.4 is 0 Å². The van der Waals surface area contributed by atoms with Crippen molar-refractivity contribution in [3.8, 4) is 0 Å². The van der Waals surface area contributed by atoms with Crippen molar-refractivity contribution in [1.82, 2.24) is 4.57 Å². The monoisotopic (exact) mass is 294 g/mol. The van der Waals surface area contributed by atoms with Crippen LogP contribution >= 0.6 is 23.2 Å². The summed E-state index contributed by atoms with van der Waals surface area (Å²) in [5, 5.41) is 1.18. The van der Waals surface area contributed by atoms with Crippen LogP contribution in [0.2, 0.25) is 10.0 Å². The Morgan fingerprint density at radius 2 is 1.95 bits per heavy atom. The topological polar surface area (TPSA) is 17.3 Å². The second-order valence-electron chi connectivity index (χ2n) is 4.42. The van der Waals surface area contributed by atoms with Crippen LogP contribution in [0.15, 0.2) is 29.3 Å². The van der Waals surface area contributed by atoms with Gasteiger partial charge in [0.1, 0.15) is 0 Å². The molecule has 0 saturated carbocycles. The third-order valence-electron chi connectivity index (χ3n) is 3.18. The predicted molar refractivity (Wildman–Crippen MR) is 83.3 cm³/mol. The van der Waals surface area contributed by atoms with Crippen molar-refractivity contribution in [3.63, 3.8) is 0 Å². The van der Waals surface area contributed by atoms with Crippen molar-refractivity contribution in [2.24, 2.45) is 4.99 Å². The molecule has 0 atom stereocenters. The molecule has 1 heterocycles. The number of halogens is 2. The number of aryl methyl sites for hydroxylation is 1. The molecule has 0 aliphatic carbocycles. The van der Waals surface area contributed by atoms with E-state index in [2.05, 4.69) is 36.4 Å². The Kier molecular flexibility index (Phi) is 4.33. The van der Waals surface area contributed by atoms with Gasteiger partial charge in [-0.15, -0.1) is 0 Å². The molecule has 0 N–H and O–H groups in total. The maximum absolute atomic E-state index is 6.10. The maximum Gasteiger partial charge on any atom is 0.0817 e. The van der Waals surface area contributed by atoms with Crippen molar-refractivity contribution in [3.05, 3.63) is 51.3 Å². The van der Waals surface area contributed by atoms with E-state index in [-0.39, 0.29) is 0 Å². The van der Waals surface area contributed by atoms with Gasteiger partial charge in [0.05, 0.1) is 10.7 Å². The van der Waals surface area contributed by atoms with E-state index in [9.17, 15) is 0 Å². The van der Waals surface area contributed by atoms with E-state index in [1.807, 2.05) is 12.3 Å². The van der Waals surface area contributed by atoms with E-state index in [4.69, 9.17) is 23.2 Å². The quantitative estimate of drug-likeness (QED) is 0.694. The summed E-state index contributed by atoms with van der Waals surface area (Å²) in [6.45, 7) is 7.30. The van der Waals surface area contributed by atoms with Crippen LogP contribution in [0.5, 0.6) is 0 Å². The molecule has 2 aromatic rings. The first-order valence-corrected chi connectivity index (χ1v) is 6.94. The molecular formula is C15H16Cl2N2. The fraction of sp³-hybridized carbons (Fsp3) is 0.267. The second-order valence-corrected chi connectivity index (χ2v) is 5.27. The number of benzene rings is 1. The summed E-state index contributed by atoms with van der Waals surface area (Å²) in [7, 11) is 0. The summed E-state index contributed by atoms with van der Waals surface area (Å²) in [6.07, 6.45) is 1.85. The highest BCUT2D eigenvalue weighted by Gasteiger charge is 2.06. The van der Waals surface area contributed by atoms with Gasteiger partial charge in [-0.25, -0.2) is 0 Å². The standard InChI is InChI=1S/C15H16Cl2N2/c1-4-19-10(2)7-12(11(19)3)9-18-15-6-5-13(16)8-14(15)17/h5-9H,4H2,1-3H3. The first kappa shape index (κ1) is 14.2. The highest BCUT2D eigenvalue weighted by Crippen LogP contribution is 2.28. The van der Waals surface area contributed by atoms with Gasteiger partial charge in [-0.05, 0) is 45.0 Å². The first-order valence-electron chi connectivity index (χ1n) is 6.18. The first-order chi connectivity index (χ1) is 9.02. The van der Waals surface area contributed by atoms with Crippen LogP contribution in [0.3, 0.4) is 0 Å². The van der Waals surface area contributed by atoms with Crippen LogP contribution in [0.25, 0.3) is 0 Å². The highest BCUT2D eigenvalue weighted by atomic mass is 35.5. The van der Waals surface area contributed by atoms with E-state index in [1.54, 1.807) is 12.1 Å². The minimum Gasteiger partial charge on any atom is -0.349 e. The molecule has 0 bridgehead atoms. The lowest BCUT2D eigenvalue weighted by atomic mass is 10.2. The lowest BCUT2D eigenvalue weighted by Crippen LogP contribution is -1.99. The van der Waals surface area contributed by atoms with Gasteiger partial charge < -0.3 is 4.57 Å². The van der Waals surface area contributed by atoms with Crippen LogP contribution in [0.1, 0.15) is 23.9 Å². The van der Waals surface area contributed by atoms with Gasteiger partial charge in [0.25, 0.3) is 0 Å². The van der Waals surface area contributed by atoms with Gasteiger partial charge in [0, 0.05) is 34.7 Å². The highest BCUT2D eigenvalue weighted by molar-refractivity contribution is 6.36. The molecule has 0 amide bonds. The van der Waals surface area contributed by atoms with Gasteiger partial charge in [0.15, 0.2) is 0 Å². The lowest BCUT2D eigenvalue weighted by molar-refractivity contribution is 0.718. The molecule has 2 nitrogen and oxygen atoms in total. The molecule has 0 unspecified atom stereocenters. The summed E-state index contributed by atoms with van der Waals surface area (Å²) in [4.78, 5) is 4.44. The Morgan fingerprint density at radius 3 is 2.53 bits per heavy atom. The zero-order valence-electron chi connectivity index (χ0n) is 11.2. The van der Waals surface area contributed by atoms with Crippen molar-refractivity contribution in [2.45, 2.75) is 27.3 Å². The number of hydrogen-bond donors (Lipinski definition) is 0. The van der Waals surface area contributed by atoms with E-state index in [0.29, 0.717) is 10.0 Å². The van der Waals surface area contributed by atoms with Gasteiger partial charge >= 0.3 is 0 Å². The summed E-state index contributed by atoms with van der Waals surface area (Å²) in [6, 6.07) is 7.44. The number of nitrogens with zero attached hydrogens (tertiary/aromatic N) is 2. The Balaban J connectivity index is 2.33. The summed E-state index contributed by atoms with van der Waals surface area (Å²) >= 11 is 12.0. The minimum atomic E-state index is 0.563. The van der Waals surface area contributed by atoms with Gasteiger partial charge in [-0.2, -0.15) is 0 Å². The summed E-state index contributed by atoms with van der Waals surface area (Å²) < 4.78 is 2.25. The molecule has 100 valence electrons.